The molecule has 0 amide bonds. The Morgan fingerprint density at radius 3 is 2.31 bits per heavy atom. The number of rotatable bonds is 4. The number of piperidine rings is 1. The summed E-state index contributed by atoms with van der Waals surface area (Å²) in [7, 11) is 0. The first-order chi connectivity index (χ1) is 7.90. The number of piperazine rings is 1. The SMILES string of the molecule is NCC(CN1CCCCC1)N1CCNCC1. The third-order valence-corrected chi connectivity index (χ3v) is 3.86. The van der Waals surface area contributed by atoms with E-state index in [9.17, 15) is 0 Å². The summed E-state index contributed by atoms with van der Waals surface area (Å²) in [5.74, 6) is 0. The van der Waals surface area contributed by atoms with Gasteiger partial charge >= 0.3 is 0 Å². The van der Waals surface area contributed by atoms with Crippen molar-refractivity contribution in [2.45, 2.75) is 25.3 Å². The number of nitrogens with one attached hydrogen (secondary N) is 1. The van der Waals surface area contributed by atoms with Gasteiger partial charge in [-0.3, -0.25) is 4.90 Å². The molecule has 2 fully saturated rings. The molecule has 0 radical (unpaired) electrons. The smallest absolute Gasteiger partial charge is 0.0346 e. The van der Waals surface area contributed by atoms with E-state index in [-0.39, 0.29) is 0 Å². The minimum Gasteiger partial charge on any atom is -0.329 e. The molecule has 4 heteroatoms. The fourth-order valence-electron chi connectivity index (χ4n) is 2.83. The molecule has 2 rings (SSSR count). The van der Waals surface area contributed by atoms with Crippen LogP contribution in [0.5, 0.6) is 0 Å². The lowest BCUT2D eigenvalue weighted by molar-refractivity contribution is 0.117. The molecule has 0 aromatic rings. The predicted molar refractivity (Wildman–Crippen MR) is 67.6 cm³/mol. The van der Waals surface area contributed by atoms with Crippen LogP contribution in [0.3, 0.4) is 0 Å². The van der Waals surface area contributed by atoms with E-state index in [2.05, 4.69) is 15.1 Å². The van der Waals surface area contributed by atoms with E-state index in [0.29, 0.717) is 6.04 Å². The van der Waals surface area contributed by atoms with Crippen LogP contribution in [0.4, 0.5) is 0 Å². The Labute approximate surface area is 99.2 Å². The minimum absolute atomic E-state index is 0.570. The monoisotopic (exact) mass is 226 g/mol. The molecule has 0 aliphatic carbocycles. The topological polar surface area (TPSA) is 44.5 Å². The lowest BCUT2D eigenvalue weighted by Crippen LogP contribution is -2.55. The normalized spacial score (nSPS) is 26.8. The van der Waals surface area contributed by atoms with E-state index in [1.54, 1.807) is 0 Å². The zero-order chi connectivity index (χ0) is 11.2. The van der Waals surface area contributed by atoms with Gasteiger partial charge in [0.1, 0.15) is 0 Å². The van der Waals surface area contributed by atoms with Crippen molar-refractivity contribution in [3.05, 3.63) is 0 Å². The van der Waals surface area contributed by atoms with Gasteiger partial charge in [0.25, 0.3) is 0 Å². The maximum absolute atomic E-state index is 5.93. The average molecular weight is 226 g/mol. The van der Waals surface area contributed by atoms with Crippen molar-refractivity contribution in [1.82, 2.24) is 15.1 Å². The van der Waals surface area contributed by atoms with Gasteiger partial charge < -0.3 is 16.0 Å². The van der Waals surface area contributed by atoms with Crippen LogP contribution in [-0.2, 0) is 0 Å². The lowest BCUT2D eigenvalue weighted by atomic mass is 10.1. The molecule has 1 atom stereocenters. The predicted octanol–water partition coefficient (Wildman–Crippen LogP) is -0.295. The van der Waals surface area contributed by atoms with E-state index < -0.39 is 0 Å². The Kier molecular flexibility index (Phi) is 5.03. The molecular formula is C12H26N4. The largest absolute Gasteiger partial charge is 0.329 e. The first-order valence-electron chi connectivity index (χ1n) is 6.77. The minimum atomic E-state index is 0.570. The Bertz CT molecular complexity index is 185. The highest BCUT2D eigenvalue weighted by atomic mass is 15.3. The zero-order valence-electron chi connectivity index (χ0n) is 10.3. The molecule has 0 aromatic carbocycles. The lowest BCUT2D eigenvalue weighted by Gasteiger charge is -2.38. The van der Waals surface area contributed by atoms with Crippen molar-refractivity contribution in [3.8, 4) is 0 Å². The highest BCUT2D eigenvalue weighted by molar-refractivity contribution is 4.81. The van der Waals surface area contributed by atoms with Crippen molar-refractivity contribution in [1.29, 1.82) is 0 Å². The molecule has 2 aliphatic rings. The number of hydrogen-bond donors (Lipinski definition) is 2. The molecule has 0 bridgehead atoms. The third-order valence-electron chi connectivity index (χ3n) is 3.86. The van der Waals surface area contributed by atoms with Crippen LogP contribution >= 0.6 is 0 Å². The summed E-state index contributed by atoms with van der Waals surface area (Å²) in [6, 6.07) is 0.570. The van der Waals surface area contributed by atoms with Gasteiger partial charge in [-0.15, -0.1) is 0 Å². The van der Waals surface area contributed by atoms with Crippen LogP contribution in [0.25, 0.3) is 0 Å². The van der Waals surface area contributed by atoms with Crippen LogP contribution in [0.2, 0.25) is 0 Å². The summed E-state index contributed by atoms with van der Waals surface area (Å²) < 4.78 is 0. The summed E-state index contributed by atoms with van der Waals surface area (Å²) in [5, 5.41) is 3.40. The van der Waals surface area contributed by atoms with Crippen molar-refractivity contribution >= 4 is 0 Å². The quantitative estimate of drug-likeness (QED) is 0.691. The number of likely N-dealkylation sites (tertiary alicyclic amines) is 1. The van der Waals surface area contributed by atoms with E-state index in [4.69, 9.17) is 5.73 Å². The molecule has 2 saturated heterocycles. The molecule has 94 valence electrons. The van der Waals surface area contributed by atoms with Gasteiger partial charge in [0.05, 0.1) is 0 Å². The summed E-state index contributed by atoms with van der Waals surface area (Å²) in [6.45, 7) is 9.11. The summed E-state index contributed by atoms with van der Waals surface area (Å²) in [4.78, 5) is 5.16. The fraction of sp³-hybridized carbons (Fsp3) is 1.00. The van der Waals surface area contributed by atoms with Crippen LogP contribution < -0.4 is 11.1 Å². The van der Waals surface area contributed by atoms with Gasteiger partial charge in [-0.25, -0.2) is 0 Å². The van der Waals surface area contributed by atoms with Gasteiger partial charge in [-0.1, -0.05) is 6.42 Å². The molecule has 16 heavy (non-hydrogen) atoms. The van der Waals surface area contributed by atoms with Gasteiger partial charge in [-0.2, -0.15) is 0 Å². The second-order valence-electron chi connectivity index (χ2n) is 5.04. The van der Waals surface area contributed by atoms with Crippen molar-refractivity contribution in [2.24, 2.45) is 5.73 Å². The molecule has 0 spiro atoms. The Morgan fingerprint density at radius 1 is 1.00 bits per heavy atom. The molecular weight excluding hydrogens is 200 g/mol. The molecule has 4 nitrogen and oxygen atoms in total. The van der Waals surface area contributed by atoms with Gasteiger partial charge in [-0.05, 0) is 25.9 Å². The second kappa shape index (κ2) is 6.55. The van der Waals surface area contributed by atoms with Gasteiger partial charge in [0.15, 0.2) is 0 Å². The number of hydrogen-bond acceptors (Lipinski definition) is 4. The average Bonchev–Trinajstić information content (AvgIpc) is 2.38. The van der Waals surface area contributed by atoms with Crippen LogP contribution in [-0.4, -0.2) is 68.2 Å². The number of nitrogens with two attached hydrogens (primary N) is 1. The zero-order valence-corrected chi connectivity index (χ0v) is 10.3. The highest BCUT2D eigenvalue weighted by Gasteiger charge is 2.22. The fourth-order valence-corrected chi connectivity index (χ4v) is 2.83. The molecule has 2 aliphatic heterocycles. The van der Waals surface area contributed by atoms with E-state index in [1.807, 2.05) is 0 Å². The van der Waals surface area contributed by atoms with Gasteiger partial charge in [0.2, 0.25) is 0 Å². The molecule has 3 N–H and O–H groups in total. The summed E-state index contributed by atoms with van der Waals surface area (Å²) in [6.07, 6.45) is 4.16. The summed E-state index contributed by atoms with van der Waals surface area (Å²) in [5.41, 5.74) is 5.93. The first-order valence-corrected chi connectivity index (χ1v) is 6.77. The number of nitrogens with zero attached hydrogens (tertiary/aromatic N) is 2. The molecule has 1 unspecified atom stereocenters. The maximum Gasteiger partial charge on any atom is 0.0346 e. The van der Waals surface area contributed by atoms with E-state index in [0.717, 1.165) is 32.7 Å². The maximum atomic E-state index is 5.93. The Hall–Kier alpha value is -0.160. The summed E-state index contributed by atoms with van der Waals surface area (Å²) >= 11 is 0. The second-order valence-corrected chi connectivity index (χ2v) is 5.04. The van der Waals surface area contributed by atoms with Crippen LogP contribution in [0, 0.1) is 0 Å². The highest BCUT2D eigenvalue weighted by Crippen LogP contribution is 2.11. The van der Waals surface area contributed by atoms with E-state index in [1.165, 1.54) is 38.9 Å². The third kappa shape index (κ3) is 3.42. The van der Waals surface area contributed by atoms with Gasteiger partial charge in [0, 0.05) is 45.3 Å². The van der Waals surface area contributed by atoms with Crippen molar-refractivity contribution < 1.29 is 0 Å². The van der Waals surface area contributed by atoms with Crippen LogP contribution in [0.1, 0.15) is 19.3 Å². The molecule has 0 aromatic heterocycles. The van der Waals surface area contributed by atoms with Crippen LogP contribution in [0.15, 0.2) is 0 Å². The molecule has 2 heterocycles. The Balaban J connectivity index is 1.78. The van der Waals surface area contributed by atoms with Crippen molar-refractivity contribution in [2.75, 3.05) is 52.4 Å². The first kappa shape index (κ1) is 12.3. The standard InChI is InChI=1S/C12H26N4/c13-10-12(16-8-4-14-5-9-16)11-15-6-2-1-3-7-15/h12,14H,1-11,13H2. The van der Waals surface area contributed by atoms with E-state index >= 15 is 0 Å². The van der Waals surface area contributed by atoms with Crippen molar-refractivity contribution in [3.63, 3.8) is 0 Å². The Morgan fingerprint density at radius 2 is 1.69 bits per heavy atom. The molecule has 0 saturated carbocycles.